The number of benzene rings is 2. The zero-order chi connectivity index (χ0) is 47.8. The highest BCUT2D eigenvalue weighted by atomic mass is 28.4. The summed E-state index contributed by atoms with van der Waals surface area (Å²) >= 11 is 0. The number of hydrogen-bond donors (Lipinski definition) is 5. The van der Waals surface area contributed by atoms with E-state index in [1.54, 1.807) is 69.2 Å². The van der Waals surface area contributed by atoms with Gasteiger partial charge >= 0.3 is 12.1 Å². The molecule has 1 heterocycles. The van der Waals surface area contributed by atoms with Crippen LogP contribution >= 0.6 is 0 Å². The average molecular weight is 912 g/mol. The molecule has 0 saturated carbocycles. The number of Topliss-reactive ketones (excluding diaryl/α,β-unsaturated/α-hetero) is 1. The van der Waals surface area contributed by atoms with Gasteiger partial charge in [-0.25, -0.2) is 15.0 Å². The number of carbonyl (C=O) groups is 5. The minimum atomic E-state index is -2.52. The van der Waals surface area contributed by atoms with Crippen LogP contribution in [0.25, 0.3) is 0 Å². The van der Waals surface area contributed by atoms with Crippen LogP contribution in [-0.4, -0.2) is 88.1 Å². The van der Waals surface area contributed by atoms with Gasteiger partial charge in [0.05, 0.1) is 31.0 Å². The SMILES string of the molecule is COc1cc(C(=O)N2C=C(C)CC2CO[Si](C)(C)C(C)(C)C)c(NC(=O)OCc2ccc(NNC(C)C(=O)NC(C(=O)C(=O)O)C(C)C)cc2)cc1O[Si](C(C)C)(C(C)C)C(C)C. The lowest BCUT2D eigenvalue weighted by molar-refractivity contribution is -0.151. The number of carbonyl (C=O) groups excluding carboxylic acids is 4. The summed E-state index contributed by atoms with van der Waals surface area (Å²) in [5.41, 5.74) is 9.20. The molecule has 1 aliphatic heterocycles. The van der Waals surface area contributed by atoms with Gasteiger partial charge in [-0.2, -0.15) is 0 Å². The molecule has 3 atom stereocenters. The second-order valence-electron chi connectivity index (χ2n) is 19.4. The van der Waals surface area contributed by atoms with Crippen molar-refractivity contribution in [2.24, 2.45) is 5.92 Å². The molecule has 0 bridgehead atoms. The van der Waals surface area contributed by atoms with Gasteiger partial charge in [0.15, 0.2) is 14.1 Å². The molecule has 0 aromatic heterocycles. The molecule has 0 saturated heterocycles. The number of ketones is 1. The van der Waals surface area contributed by atoms with E-state index in [2.05, 4.69) is 96.9 Å². The quantitative estimate of drug-likeness (QED) is 0.0454. The standard InChI is InChI=1S/C46H73N5O10Si2/c1-27(2)40(41(52)44(55)56)48-42(53)32(10)49-50-34-19-17-33(18-20-34)25-59-45(57)47-37-23-39(61-63(28(3)4,29(5)6)30(7)8)38(58-14)22-36(37)43(54)51-24-31(9)21-35(51)26-60-62(15,16)46(11,12)13/h17-20,22-24,27-30,32,35,40,49-50H,21,25-26H2,1-16H3,(H,47,57)(H,48,53)(H,55,56). The topological polar surface area (TPSA) is 194 Å². The Hall–Kier alpha value is -4.72. The largest absolute Gasteiger partial charge is 0.540 e. The fourth-order valence-corrected chi connectivity index (χ4v) is 14.0. The zero-order valence-corrected chi connectivity index (χ0v) is 42.3. The van der Waals surface area contributed by atoms with Crippen molar-refractivity contribution in [1.29, 1.82) is 0 Å². The predicted octanol–water partition coefficient (Wildman–Crippen LogP) is 9.24. The Morgan fingerprint density at radius 1 is 0.889 bits per heavy atom. The van der Waals surface area contributed by atoms with E-state index in [0.29, 0.717) is 35.8 Å². The van der Waals surface area contributed by atoms with Crippen LogP contribution in [0.5, 0.6) is 11.5 Å². The van der Waals surface area contributed by atoms with E-state index < -0.39 is 58.4 Å². The van der Waals surface area contributed by atoms with E-state index in [1.165, 1.54) is 0 Å². The van der Waals surface area contributed by atoms with Crippen molar-refractivity contribution < 1.29 is 47.4 Å². The van der Waals surface area contributed by atoms with Crippen LogP contribution in [0.4, 0.5) is 16.2 Å². The van der Waals surface area contributed by atoms with Gasteiger partial charge in [-0.3, -0.25) is 19.7 Å². The lowest BCUT2D eigenvalue weighted by atomic mass is 9.99. The zero-order valence-electron chi connectivity index (χ0n) is 40.3. The van der Waals surface area contributed by atoms with Gasteiger partial charge in [0.25, 0.3) is 20.0 Å². The Morgan fingerprint density at radius 2 is 1.48 bits per heavy atom. The molecule has 350 valence electrons. The number of anilines is 2. The van der Waals surface area contributed by atoms with Crippen LogP contribution in [0.3, 0.4) is 0 Å². The van der Waals surface area contributed by atoms with E-state index in [-0.39, 0.29) is 51.5 Å². The van der Waals surface area contributed by atoms with Crippen molar-refractivity contribution >= 4 is 57.7 Å². The highest BCUT2D eigenvalue weighted by Crippen LogP contribution is 2.46. The van der Waals surface area contributed by atoms with Gasteiger partial charge in [-0.15, -0.1) is 0 Å². The number of ether oxygens (including phenoxy) is 2. The molecule has 1 aliphatic rings. The summed E-state index contributed by atoms with van der Waals surface area (Å²) in [5, 5.41) is 14.5. The van der Waals surface area contributed by atoms with Crippen molar-refractivity contribution in [2.45, 2.75) is 156 Å². The summed E-state index contributed by atoms with van der Waals surface area (Å²) in [6.45, 7) is 31.1. The highest BCUT2D eigenvalue weighted by Gasteiger charge is 2.48. The molecule has 3 unspecified atom stereocenters. The molecular weight excluding hydrogens is 839 g/mol. The first-order valence-corrected chi connectivity index (χ1v) is 26.9. The van der Waals surface area contributed by atoms with E-state index in [1.807, 2.05) is 13.1 Å². The third-order valence-electron chi connectivity index (χ3n) is 12.4. The molecule has 0 spiro atoms. The Morgan fingerprint density at radius 3 is 1.98 bits per heavy atom. The van der Waals surface area contributed by atoms with Crippen LogP contribution in [0, 0.1) is 5.92 Å². The van der Waals surface area contributed by atoms with Gasteiger partial charge in [-0.05, 0) is 84.7 Å². The number of nitrogens with one attached hydrogen (secondary N) is 4. The van der Waals surface area contributed by atoms with E-state index in [9.17, 15) is 24.0 Å². The smallest absolute Gasteiger partial charge is 0.411 e. The third-order valence-corrected chi connectivity index (χ3v) is 22.8. The third kappa shape index (κ3) is 13.2. The predicted molar refractivity (Wildman–Crippen MR) is 252 cm³/mol. The number of rotatable bonds is 21. The fourth-order valence-electron chi connectivity index (χ4n) is 7.70. The van der Waals surface area contributed by atoms with Gasteiger partial charge in [0.2, 0.25) is 5.91 Å². The molecule has 15 nitrogen and oxygen atoms in total. The summed E-state index contributed by atoms with van der Waals surface area (Å²) in [7, 11) is -3.10. The lowest BCUT2D eigenvalue weighted by Gasteiger charge is -2.42. The second-order valence-corrected chi connectivity index (χ2v) is 29.6. The number of hydrogen-bond acceptors (Lipinski definition) is 11. The highest BCUT2D eigenvalue weighted by molar-refractivity contribution is 6.78. The molecule has 3 rings (SSSR count). The monoisotopic (exact) mass is 911 g/mol. The Labute approximate surface area is 376 Å². The number of amides is 3. The van der Waals surface area contributed by atoms with E-state index in [0.717, 1.165) is 5.57 Å². The molecule has 63 heavy (non-hydrogen) atoms. The van der Waals surface area contributed by atoms with E-state index >= 15 is 0 Å². The number of methoxy groups -OCH3 is 1. The molecule has 3 amide bonds. The fraction of sp³-hybridized carbons (Fsp3) is 0.587. The molecule has 5 N–H and O–H groups in total. The van der Waals surface area contributed by atoms with Gasteiger partial charge < -0.3 is 39.1 Å². The number of carboxylic acid groups (broad SMARTS) is 1. The van der Waals surface area contributed by atoms with Gasteiger partial charge in [0.1, 0.15) is 24.4 Å². The second kappa shape index (κ2) is 21.8. The van der Waals surface area contributed by atoms with Crippen LogP contribution in [0.2, 0.25) is 34.8 Å². The van der Waals surface area contributed by atoms with Crippen LogP contribution in [0.15, 0.2) is 48.2 Å². The first kappa shape index (κ1) is 52.6. The van der Waals surface area contributed by atoms with Crippen molar-refractivity contribution in [3.63, 3.8) is 0 Å². The Bertz CT molecular complexity index is 1960. The first-order valence-electron chi connectivity index (χ1n) is 21.8. The van der Waals surface area contributed by atoms with Crippen LogP contribution < -0.4 is 30.6 Å². The minimum absolute atomic E-state index is 0.00686. The van der Waals surface area contributed by atoms with Crippen molar-refractivity contribution in [3.8, 4) is 11.5 Å². The summed E-state index contributed by atoms with van der Waals surface area (Å²) in [4.78, 5) is 66.0. The van der Waals surface area contributed by atoms with Gasteiger partial charge in [-0.1, -0.05) is 93.9 Å². The van der Waals surface area contributed by atoms with Crippen molar-refractivity contribution in [2.75, 3.05) is 24.5 Å². The molecule has 2 aromatic rings. The molecule has 0 aliphatic carbocycles. The Kier molecular flexibility index (Phi) is 18.2. The first-order chi connectivity index (χ1) is 29.2. The van der Waals surface area contributed by atoms with Crippen molar-refractivity contribution in [1.82, 2.24) is 15.6 Å². The summed E-state index contributed by atoms with van der Waals surface area (Å²) < 4.78 is 25.3. The molecule has 2 aromatic carbocycles. The number of aliphatic carboxylic acids is 1. The van der Waals surface area contributed by atoms with Crippen LogP contribution in [0.1, 0.15) is 112 Å². The summed E-state index contributed by atoms with van der Waals surface area (Å²) in [5.74, 6) is -3.18. The molecule has 17 heteroatoms. The van der Waals surface area contributed by atoms with Gasteiger partial charge in [0, 0.05) is 18.0 Å². The number of hydrazine groups is 1. The normalized spacial score (nSPS) is 15.6. The number of nitrogens with zero attached hydrogens (tertiary/aromatic N) is 1. The molecule has 0 fully saturated rings. The Balaban J connectivity index is 1.87. The number of carboxylic acids is 1. The summed E-state index contributed by atoms with van der Waals surface area (Å²) in [6.07, 6.45) is 1.73. The van der Waals surface area contributed by atoms with E-state index in [4.69, 9.17) is 23.4 Å². The maximum atomic E-state index is 14.7. The maximum absolute atomic E-state index is 14.7. The maximum Gasteiger partial charge on any atom is 0.411 e. The molecular formula is C46H73N5O10Si2. The lowest BCUT2D eigenvalue weighted by Crippen LogP contribution is -2.53. The average Bonchev–Trinajstić information content (AvgIpc) is 3.58. The summed E-state index contributed by atoms with van der Waals surface area (Å²) in [6, 6.07) is 7.99. The molecule has 0 radical (unpaired) electrons. The van der Waals surface area contributed by atoms with Crippen LogP contribution in [-0.2, 0) is 30.2 Å². The van der Waals surface area contributed by atoms with Crippen molar-refractivity contribution in [3.05, 3.63) is 59.3 Å². The minimum Gasteiger partial charge on any atom is -0.540 e.